The Morgan fingerprint density at radius 3 is 2.14 bits per heavy atom. The van der Waals surface area contributed by atoms with Crippen LogP contribution in [0.4, 0.5) is 0 Å². The molecule has 0 bridgehead atoms. The van der Waals surface area contributed by atoms with Crippen LogP contribution < -0.4 is 0 Å². The Hall–Kier alpha value is -0.128. The molecule has 40 valence electrons. The van der Waals surface area contributed by atoms with Gasteiger partial charge in [-0.15, -0.1) is 0 Å². The van der Waals surface area contributed by atoms with Gasteiger partial charge in [0.2, 0.25) is 0 Å². The second-order valence-corrected chi connectivity index (χ2v) is 1.07. The number of carbonyl (C=O) groups excluding carboxylic acids is 2. The first-order chi connectivity index (χ1) is 2.77. The van der Waals surface area contributed by atoms with Gasteiger partial charge in [-0.25, -0.2) is 0 Å². The predicted octanol–water partition coefficient (Wildman–Crippen LogP) is 0.162. The van der Waals surface area contributed by atoms with Crippen molar-refractivity contribution in [2.24, 2.45) is 0 Å². The normalized spacial score (nSPS) is 6.43. The predicted molar refractivity (Wildman–Crippen MR) is 21.4 cm³/mol. The molecule has 3 heteroatoms. The van der Waals surface area contributed by atoms with Gasteiger partial charge >= 0.3 is 0 Å². The zero-order chi connectivity index (χ0) is 4.99. The Kier molecular flexibility index (Phi) is 8.37. The van der Waals surface area contributed by atoms with E-state index in [0.29, 0.717) is 6.29 Å². The Labute approximate surface area is 53.0 Å². The summed E-state index contributed by atoms with van der Waals surface area (Å²) in [6, 6.07) is 0. The van der Waals surface area contributed by atoms with Crippen LogP contribution in [0.2, 0.25) is 0 Å². The largest absolute Gasteiger partial charge is 0.303 e. The molecular weight excluding hydrogens is 132 g/mol. The van der Waals surface area contributed by atoms with Crippen molar-refractivity contribution >= 4 is 12.1 Å². The monoisotopic (exact) mass is 138 g/mol. The summed E-state index contributed by atoms with van der Waals surface area (Å²) in [6.07, 6.45) is 0.655. The minimum Gasteiger partial charge on any atom is -0.303 e. The van der Waals surface area contributed by atoms with Crippen LogP contribution in [-0.4, -0.2) is 12.1 Å². The minimum atomic E-state index is -0.0787. The summed E-state index contributed by atoms with van der Waals surface area (Å²) in [5.74, 6) is -0.0787. The molecule has 0 aromatic heterocycles. The number of hydrogen-bond acceptors (Lipinski definition) is 2. The molecule has 0 aromatic rings. The molecule has 0 aliphatic heterocycles. The van der Waals surface area contributed by atoms with E-state index in [-0.39, 0.29) is 29.6 Å². The fraction of sp³-hybridized carbons (Fsp3) is 0.500. The van der Waals surface area contributed by atoms with Crippen LogP contribution >= 0.6 is 0 Å². The third-order valence-electron chi connectivity index (χ3n) is 0.371. The Balaban J connectivity index is 0. The zero-order valence-corrected chi connectivity index (χ0v) is 5.28. The third kappa shape index (κ3) is 10.7. The van der Waals surface area contributed by atoms with Crippen molar-refractivity contribution in [1.29, 1.82) is 0 Å². The van der Waals surface area contributed by atoms with Crippen LogP contribution in [0.15, 0.2) is 0 Å². The van der Waals surface area contributed by atoms with Crippen LogP contribution in [-0.2, 0) is 27.0 Å². The van der Waals surface area contributed by atoms with Crippen LogP contribution in [0.3, 0.4) is 0 Å². The zero-order valence-electron chi connectivity index (χ0n) is 4.01. The SMILES string of the molecule is CC(=O)CC=O.[Cr]. The molecule has 0 amide bonds. The van der Waals surface area contributed by atoms with Crippen molar-refractivity contribution in [2.75, 3.05) is 0 Å². The van der Waals surface area contributed by atoms with Crippen molar-refractivity contribution in [3.05, 3.63) is 0 Å². The summed E-state index contributed by atoms with van der Waals surface area (Å²) in [5.41, 5.74) is 0. The summed E-state index contributed by atoms with van der Waals surface area (Å²) < 4.78 is 0. The molecule has 0 saturated carbocycles. The maximum Gasteiger partial charge on any atom is 0.136 e. The number of aldehydes is 1. The fourth-order valence-corrected chi connectivity index (χ4v) is 0.117. The van der Waals surface area contributed by atoms with Gasteiger partial charge in [0.05, 0.1) is 6.42 Å². The van der Waals surface area contributed by atoms with Gasteiger partial charge in [-0.1, -0.05) is 0 Å². The topological polar surface area (TPSA) is 34.1 Å². The van der Waals surface area contributed by atoms with Crippen LogP contribution in [0, 0.1) is 0 Å². The molecule has 0 rings (SSSR count). The first kappa shape index (κ1) is 9.98. The van der Waals surface area contributed by atoms with Gasteiger partial charge in [0.25, 0.3) is 0 Å². The Morgan fingerprint density at radius 2 is 2.14 bits per heavy atom. The molecule has 0 aliphatic carbocycles. The summed E-state index contributed by atoms with van der Waals surface area (Å²) in [4.78, 5) is 19.2. The molecule has 0 fully saturated rings. The van der Waals surface area contributed by atoms with E-state index in [4.69, 9.17) is 0 Å². The maximum atomic E-state index is 9.81. The van der Waals surface area contributed by atoms with Gasteiger partial charge in [-0.2, -0.15) is 0 Å². The van der Waals surface area contributed by atoms with E-state index in [1.165, 1.54) is 6.92 Å². The Bertz CT molecular complexity index is 70.1. The molecule has 7 heavy (non-hydrogen) atoms. The molecule has 2 nitrogen and oxygen atoms in total. The van der Waals surface area contributed by atoms with Crippen LogP contribution in [0.5, 0.6) is 0 Å². The van der Waals surface area contributed by atoms with Gasteiger partial charge < -0.3 is 4.79 Å². The summed E-state index contributed by atoms with van der Waals surface area (Å²) in [5, 5.41) is 0. The van der Waals surface area contributed by atoms with Crippen molar-refractivity contribution in [1.82, 2.24) is 0 Å². The molecule has 0 spiro atoms. The van der Waals surface area contributed by atoms with Crippen LogP contribution in [0.25, 0.3) is 0 Å². The smallest absolute Gasteiger partial charge is 0.136 e. The van der Waals surface area contributed by atoms with Gasteiger partial charge in [0, 0.05) is 17.4 Å². The number of ketones is 1. The maximum absolute atomic E-state index is 9.81. The molecule has 0 unspecified atom stereocenters. The van der Waals surface area contributed by atoms with Crippen molar-refractivity contribution in [3.8, 4) is 0 Å². The quantitative estimate of drug-likeness (QED) is 0.402. The fourth-order valence-electron chi connectivity index (χ4n) is 0.117. The first-order valence-corrected chi connectivity index (χ1v) is 1.70. The Morgan fingerprint density at radius 1 is 1.71 bits per heavy atom. The molecule has 0 atom stereocenters. The van der Waals surface area contributed by atoms with Gasteiger partial charge in [-0.3, -0.25) is 4.79 Å². The average Bonchev–Trinajstić information content (AvgIpc) is 1.35. The van der Waals surface area contributed by atoms with Gasteiger partial charge in [0.15, 0.2) is 0 Å². The van der Waals surface area contributed by atoms with E-state index in [1.54, 1.807) is 0 Å². The molecule has 0 aliphatic rings. The van der Waals surface area contributed by atoms with Crippen molar-refractivity contribution in [3.63, 3.8) is 0 Å². The minimum absolute atomic E-state index is 0. The molecular formula is C4H6CrO2. The second kappa shape index (κ2) is 5.87. The molecule has 0 heterocycles. The summed E-state index contributed by atoms with van der Waals surface area (Å²) in [7, 11) is 0. The summed E-state index contributed by atoms with van der Waals surface area (Å²) in [6.45, 7) is 1.38. The number of Topliss-reactive ketones (excluding diaryl/α,β-unsaturated/α-hetero) is 1. The van der Waals surface area contributed by atoms with E-state index in [2.05, 4.69) is 0 Å². The summed E-state index contributed by atoms with van der Waals surface area (Å²) >= 11 is 0. The number of rotatable bonds is 2. The first-order valence-electron chi connectivity index (χ1n) is 1.70. The van der Waals surface area contributed by atoms with Gasteiger partial charge in [0.1, 0.15) is 12.1 Å². The van der Waals surface area contributed by atoms with E-state index in [9.17, 15) is 9.59 Å². The van der Waals surface area contributed by atoms with Crippen molar-refractivity contribution < 1.29 is 27.0 Å². The third-order valence-corrected chi connectivity index (χ3v) is 0.371. The van der Waals surface area contributed by atoms with Crippen molar-refractivity contribution in [2.45, 2.75) is 13.3 Å². The van der Waals surface area contributed by atoms with E-state index in [0.717, 1.165) is 0 Å². The number of carbonyl (C=O) groups is 2. The molecule has 0 radical (unpaired) electrons. The molecule has 0 saturated heterocycles. The van der Waals surface area contributed by atoms with Crippen LogP contribution in [0.1, 0.15) is 13.3 Å². The second-order valence-electron chi connectivity index (χ2n) is 1.07. The molecule has 0 aromatic carbocycles. The number of hydrogen-bond donors (Lipinski definition) is 0. The van der Waals surface area contributed by atoms with E-state index in [1.807, 2.05) is 0 Å². The van der Waals surface area contributed by atoms with E-state index < -0.39 is 0 Å². The van der Waals surface area contributed by atoms with Gasteiger partial charge in [-0.05, 0) is 6.92 Å². The standard InChI is InChI=1S/C4H6O2.Cr/c1-4(6)2-3-5;/h3H,2H2,1H3;. The average molecular weight is 138 g/mol. The molecule has 0 N–H and O–H groups in total. The van der Waals surface area contributed by atoms with E-state index >= 15 is 0 Å².